The molecule has 1 saturated heterocycles. The molecule has 0 bridgehead atoms. The van der Waals surface area contributed by atoms with E-state index < -0.39 is 17.6 Å². The summed E-state index contributed by atoms with van der Waals surface area (Å²) in [7, 11) is 0. The molecule has 2 nitrogen and oxygen atoms in total. The lowest BCUT2D eigenvalue weighted by atomic mass is 9.94. The fraction of sp³-hybridized carbons (Fsp3) is 0.647. The third-order valence-electron chi connectivity index (χ3n) is 4.29. The van der Waals surface area contributed by atoms with E-state index in [1.54, 1.807) is 0 Å². The van der Waals surface area contributed by atoms with E-state index in [-0.39, 0.29) is 30.9 Å². The Balaban J connectivity index is 0.00000288. The Kier molecular flexibility index (Phi) is 10.3. The van der Waals surface area contributed by atoms with Gasteiger partial charge in [-0.15, -0.1) is 24.8 Å². The minimum absolute atomic E-state index is 0. The fourth-order valence-electron chi connectivity index (χ4n) is 3.01. The van der Waals surface area contributed by atoms with E-state index in [1.165, 1.54) is 6.07 Å². The average Bonchev–Trinajstić information content (AvgIpc) is 2.47. The molecule has 0 unspecified atom stereocenters. The molecule has 0 spiro atoms. The van der Waals surface area contributed by atoms with Gasteiger partial charge in [-0.2, -0.15) is 13.2 Å². The van der Waals surface area contributed by atoms with Crippen LogP contribution in [0, 0.1) is 11.7 Å². The molecule has 1 atom stereocenters. The Morgan fingerprint density at radius 3 is 2.16 bits per heavy atom. The molecule has 1 aromatic carbocycles. The molecule has 0 amide bonds. The van der Waals surface area contributed by atoms with Crippen LogP contribution >= 0.6 is 24.8 Å². The van der Waals surface area contributed by atoms with E-state index in [9.17, 15) is 17.6 Å². The van der Waals surface area contributed by atoms with Crippen molar-refractivity contribution in [2.24, 2.45) is 5.92 Å². The molecule has 0 radical (unpaired) electrons. The van der Waals surface area contributed by atoms with E-state index in [0.717, 1.165) is 51.2 Å². The molecule has 1 heterocycles. The van der Waals surface area contributed by atoms with Crippen molar-refractivity contribution >= 4 is 24.8 Å². The maximum atomic E-state index is 13.9. The molecular weight excluding hydrogens is 379 g/mol. The van der Waals surface area contributed by atoms with Crippen LogP contribution in [0.25, 0.3) is 0 Å². The minimum atomic E-state index is -4.65. The van der Waals surface area contributed by atoms with Crippen molar-refractivity contribution in [2.45, 2.75) is 38.9 Å². The average molecular weight is 405 g/mol. The Morgan fingerprint density at radius 1 is 1.08 bits per heavy atom. The molecular formula is C17H26Cl2F4N2. The summed E-state index contributed by atoms with van der Waals surface area (Å²) in [6, 6.07) is 3.33. The highest BCUT2D eigenvalue weighted by molar-refractivity contribution is 5.85. The highest BCUT2D eigenvalue weighted by atomic mass is 35.5. The second-order valence-electron chi connectivity index (χ2n) is 6.51. The van der Waals surface area contributed by atoms with Gasteiger partial charge in [0.1, 0.15) is 5.82 Å². The predicted molar refractivity (Wildman–Crippen MR) is 97.2 cm³/mol. The Hall–Kier alpha value is -0.560. The first-order valence-electron chi connectivity index (χ1n) is 8.10. The molecule has 0 saturated carbocycles. The van der Waals surface area contributed by atoms with Crippen molar-refractivity contribution in [3.05, 3.63) is 35.1 Å². The summed E-state index contributed by atoms with van der Waals surface area (Å²) >= 11 is 0. The second-order valence-corrected chi connectivity index (χ2v) is 6.51. The number of halogens is 6. The number of piperazine rings is 1. The van der Waals surface area contributed by atoms with Gasteiger partial charge in [-0.25, -0.2) is 4.39 Å². The molecule has 25 heavy (non-hydrogen) atoms. The van der Waals surface area contributed by atoms with Crippen LogP contribution in [0.1, 0.15) is 43.9 Å². The first kappa shape index (κ1) is 24.4. The number of nitrogens with one attached hydrogen (secondary N) is 1. The highest BCUT2D eigenvalue weighted by Gasteiger charge is 2.34. The van der Waals surface area contributed by atoms with Gasteiger partial charge in [-0.1, -0.05) is 19.9 Å². The number of alkyl halides is 3. The Morgan fingerprint density at radius 2 is 1.68 bits per heavy atom. The van der Waals surface area contributed by atoms with Crippen LogP contribution in [0.3, 0.4) is 0 Å². The van der Waals surface area contributed by atoms with E-state index in [2.05, 4.69) is 24.1 Å². The lowest BCUT2D eigenvalue weighted by Gasteiger charge is -2.36. The van der Waals surface area contributed by atoms with Crippen molar-refractivity contribution in [3.63, 3.8) is 0 Å². The zero-order valence-corrected chi connectivity index (χ0v) is 16.0. The molecule has 2 rings (SSSR count). The van der Waals surface area contributed by atoms with Crippen LogP contribution in [0.5, 0.6) is 0 Å². The zero-order valence-electron chi connectivity index (χ0n) is 14.4. The summed E-state index contributed by atoms with van der Waals surface area (Å²) in [5, 5.41) is 3.26. The van der Waals surface area contributed by atoms with E-state index in [4.69, 9.17) is 0 Å². The molecule has 0 aromatic heterocycles. The number of nitrogens with zero attached hydrogens (tertiary/aromatic N) is 1. The third kappa shape index (κ3) is 6.93. The van der Waals surface area contributed by atoms with E-state index in [1.807, 2.05) is 0 Å². The summed E-state index contributed by atoms with van der Waals surface area (Å²) in [4.78, 5) is 2.24. The quantitative estimate of drug-likeness (QED) is 0.689. The van der Waals surface area contributed by atoms with Gasteiger partial charge in [0.15, 0.2) is 0 Å². The van der Waals surface area contributed by atoms with Crippen molar-refractivity contribution in [2.75, 3.05) is 26.2 Å². The van der Waals surface area contributed by atoms with Crippen LogP contribution in [0.4, 0.5) is 17.6 Å². The van der Waals surface area contributed by atoms with Crippen molar-refractivity contribution < 1.29 is 17.6 Å². The van der Waals surface area contributed by atoms with E-state index >= 15 is 0 Å². The van der Waals surface area contributed by atoms with Gasteiger partial charge in [0.25, 0.3) is 0 Å². The van der Waals surface area contributed by atoms with Crippen LogP contribution in [0.2, 0.25) is 0 Å². The first-order valence-corrected chi connectivity index (χ1v) is 8.10. The van der Waals surface area contributed by atoms with Gasteiger partial charge in [-0.3, -0.25) is 4.90 Å². The summed E-state index contributed by atoms with van der Waals surface area (Å²) in [5.74, 6) is -0.681. The monoisotopic (exact) mass is 404 g/mol. The molecule has 1 aromatic rings. The van der Waals surface area contributed by atoms with Crippen LogP contribution in [-0.4, -0.2) is 31.1 Å². The predicted octanol–water partition coefficient (Wildman–Crippen LogP) is 5.07. The number of hydrogen-bond donors (Lipinski definition) is 1. The zero-order chi connectivity index (χ0) is 17.0. The van der Waals surface area contributed by atoms with E-state index in [0.29, 0.717) is 11.5 Å². The molecule has 146 valence electrons. The highest BCUT2D eigenvalue weighted by Crippen LogP contribution is 2.34. The number of hydrogen-bond acceptors (Lipinski definition) is 2. The maximum Gasteiger partial charge on any atom is 0.419 e. The fourth-order valence-corrected chi connectivity index (χ4v) is 3.01. The summed E-state index contributed by atoms with van der Waals surface area (Å²) in [6.45, 7) is 7.57. The molecule has 8 heteroatoms. The number of rotatable bonds is 5. The summed E-state index contributed by atoms with van der Waals surface area (Å²) in [6.07, 6.45) is -2.87. The second kappa shape index (κ2) is 10.6. The smallest absolute Gasteiger partial charge is 0.314 e. The Bertz CT molecular complexity index is 518. The Labute approximate surface area is 159 Å². The SMILES string of the molecule is CC(C)CC[C@H](c1ccc(C(F)(F)F)c(F)c1)N1CCNCC1.Cl.Cl. The first-order chi connectivity index (χ1) is 10.8. The molecule has 1 aliphatic rings. The summed E-state index contributed by atoms with van der Waals surface area (Å²) < 4.78 is 52.1. The minimum Gasteiger partial charge on any atom is -0.314 e. The molecule has 1 N–H and O–H groups in total. The van der Waals surface area contributed by atoms with Crippen LogP contribution in [0.15, 0.2) is 18.2 Å². The van der Waals surface area contributed by atoms with Gasteiger partial charge in [0, 0.05) is 32.2 Å². The van der Waals surface area contributed by atoms with Gasteiger partial charge in [-0.05, 0) is 36.5 Å². The van der Waals surface area contributed by atoms with Crippen LogP contribution in [-0.2, 0) is 6.18 Å². The topological polar surface area (TPSA) is 15.3 Å². The lowest BCUT2D eigenvalue weighted by Crippen LogP contribution is -2.45. The van der Waals surface area contributed by atoms with Gasteiger partial charge >= 0.3 is 6.18 Å². The third-order valence-corrected chi connectivity index (χ3v) is 4.29. The standard InChI is InChI=1S/C17H24F4N2.2ClH/c1-12(2)3-6-16(23-9-7-22-8-10-23)13-4-5-14(15(18)11-13)17(19,20)21;;/h4-5,11-12,16,22H,3,6-10H2,1-2H3;2*1H/t16-;;/m1../s1. The lowest BCUT2D eigenvalue weighted by molar-refractivity contribution is -0.140. The molecule has 1 aliphatic heterocycles. The number of benzene rings is 1. The van der Waals surface area contributed by atoms with Gasteiger partial charge in [0.2, 0.25) is 0 Å². The molecule has 1 fully saturated rings. The van der Waals surface area contributed by atoms with Crippen molar-refractivity contribution in [1.82, 2.24) is 10.2 Å². The molecule has 0 aliphatic carbocycles. The summed E-state index contributed by atoms with van der Waals surface area (Å²) in [5.41, 5.74) is -0.553. The van der Waals surface area contributed by atoms with Crippen LogP contribution < -0.4 is 5.32 Å². The van der Waals surface area contributed by atoms with Gasteiger partial charge in [0.05, 0.1) is 5.56 Å². The normalized spacial score (nSPS) is 16.9. The van der Waals surface area contributed by atoms with Crippen molar-refractivity contribution in [3.8, 4) is 0 Å². The maximum absolute atomic E-state index is 13.9. The van der Waals surface area contributed by atoms with Gasteiger partial charge < -0.3 is 5.32 Å². The van der Waals surface area contributed by atoms with Crippen molar-refractivity contribution in [1.29, 1.82) is 0 Å². The largest absolute Gasteiger partial charge is 0.419 e.